The number of benzene rings is 2. The molecule has 0 fully saturated rings. The summed E-state index contributed by atoms with van der Waals surface area (Å²) in [6.07, 6.45) is 1.58. The molecule has 0 aliphatic rings. The second kappa shape index (κ2) is 7.23. The Labute approximate surface area is 150 Å². The van der Waals surface area contributed by atoms with E-state index >= 15 is 0 Å². The van der Waals surface area contributed by atoms with Crippen molar-refractivity contribution in [2.24, 2.45) is 4.99 Å². The molecule has 0 unspecified atom stereocenters. The predicted octanol–water partition coefficient (Wildman–Crippen LogP) is 5.23. The first-order chi connectivity index (χ1) is 12.5. The van der Waals surface area contributed by atoms with Crippen LogP contribution in [0.4, 0.5) is 11.4 Å². The summed E-state index contributed by atoms with van der Waals surface area (Å²) < 4.78 is 10.9. The van der Waals surface area contributed by atoms with E-state index in [-0.39, 0.29) is 5.69 Å². The Kier molecular flexibility index (Phi) is 4.84. The molecular formula is C20H18N2O4. The summed E-state index contributed by atoms with van der Waals surface area (Å²) in [5, 5.41) is 11.4. The third-order valence-electron chi connectivity index (χ3n) is 4.11. The predicted molar refractivity (Wildman–Crippen MR) is 101 cm³/mol. The van der Waals surface area contributed by atoms with Crippen LogP contribution in [-0.2, 0) is 0 Å². The Bertz CT molecular complexity index is 972. The van der Waals surface area contributed by atoms with Crippen molar-refractivity contribution < 1.29 is 14.1 Å². The molecule has 0 N–H and O–H groups in total. The highest BCUT2D eigenvalue weighted by Gasteiger charge is 2.19. The molecule has 0 radical (unpaired) electrons. The van der Waals surface area contributed by atoms with Crippen LogP contribution in [0.2, 0.25) is 0 Å². The lowest BCUT2D eigenvalue weighted by Crippen LogP contribution is -1.94. The zero-order valence-corrected chi connectivity index (χ0v) is 14.7. The fourth-order valence-electron chi connectivity index (χ4n) is 2.52. The maximum atomic E-state index is 11.4. The van der Waals surface area contributed by atoms with Crippen LogP contribution in [0.25, 0.3) is 11.3 Å². The lowest BCUT2D eigenvalue weighted by molar-refractivity contribution is -0.384. The highest BCUT2D eigenvalue weighted by Crippen LogP contribution is 2.33. The van der Waals surface area contributed by atoms with Gasteiger partial charge in [0.05, 0.1) is 29.5 Å². The monoisotopic (exact) mass is 350 g/mol. The lowest BCUT2D eigenvalue weighted by atomic mass is 10.0. The van der Waals surface area contributed by atoms with Gasteiger partial charge in [-0.2, -0.15) is 0 Å². The molecule has 132 valence electrons. The van der Waals surface area contributed by atoms with Gasteiger partial charge in [-0.05, 0) is 67.4 Å². The topological polar surface area (TPSA) is 77.9 Å². The smallest absolute Gasteiger partial charge is 0.280 e. The van der Waals surface area contributed by atoms with Crippen molar-refractivity contribution in [3.63, 3.8) is 0 Å². The van der Waals surface area contributed by atoms with Gasteiger partial charge in [-0.15, -0.1) is 0 Å². The fourth-order valence-corrected chi connectivity index (χ4v) is 2.52. The minimum Gasteiger partial charge on any atom is -0.497 e. The number of nitro groups is 1. The van der Waals surface area contributed by atoms with Crippen LogP contribution in [0.3, 0.4) is 0 Å². The van der Waals surface area contributed by atoms with Gasteiger partial charge >= 0.3 is 0 Å². The molecule has 26 heavy (non-hydrogen) atoms. The fraction of sp³-hybridized carbons (Fsp3) is 0.150. The average molecular weight is 350 g/mol. The Morgan fingerprint density at radius 1 is 1.08 bits per heavy atom. The zero-order chi connectivity index (χ0) is 18.7. The van der Waals surface area contributed by atoms with Gasteiger partial charge in [0.25, 0.3) is 5.69 Å². The molecule has 1 heterocycles. The number of nitrogens with zero attached hydrogens (tertiary/aromatic N) is 2. The first kappa shape index (κ1) is 17.4. The third kappa shape index (κ3) is 3.64. The maximum absolute atomic E-state index is 11.4. The van der Waals surface area contributed by atoms with E-state index in [1.54, 1.807) is 37.6 Å². The van der Waals surface area contributed by atoms with Gasteiger partial charge in [-0.1, -0.05) is 0 Å². The van der Waals surface area contributed by atoms with E-state index in [4.69, 9.17) is 9.15 Å². The van der Waals surface area contributed by atoms with Crippen LogP contribution in [0.5, 0.6) is 5.75 Å². The Morgan fingerprint density at radius 2 is 1.77 bits per heavy atom. The highest BCUT2D eigenvalue weighted by molar-refractivity contribution is 5.81. The Hall–Kier alpha value is -3.41. The lowest BCUT2D eigenvalue weighted by Gasteiger charge is -2.04. The number of rotatable bonds is 5. The summed E-state index contributed by atoms with van der Waals surface area (Å²) in [6.45, 7) is 3.76. The largest absolute Gasteiger partial charge is 0.497 e. The molecule has 0 atom stereocenters. The number of nitro benzene ring substituents is 1. The molecule has 0 saturated carbocycles. The van der Waals surface area contributed by atoms with Crippen molar-refractivity contribution in [2.75, 3.05) is 7.11 Å². The van der Waals surface area contributed by atoms with Crippen LogP contribution < -0.4 is 4.74 Å². The number of methoxy groups -OCH3 is 1. The van der Waals surface area contributed by atoms with E-state index in [9.17, 15) is 10.1 Å². The second-order valence-corrected chi connectivity index (χ2v) is 5.87. The summed E-state index contributed by atoms with van der Waals surface area (Å²) in [7, 11) is 1.61. The van der Waals surface area contributed by atoms with Gasteiger partial charge in [-0.3, -0.25) is 15.1 Å². The Morgan fingerprint density at radius 3 is 2.42 bits per heavy atom. The van der Waals surface area contributed by atoms with Crippen molar-refractivity contribution in [3.05, 3.63) is 75.5 Å². The van der Waals surface area contributed by atoms with Crippen LogP contribution in [0.1, 0.15) is 16.9 Å². The Balaban J connectivity index is 1.89. The molecule has 0 spiro atoms. The van der Waals surface area contributed by atoms with Crippen LogP contribution in [0.15, 0.2) is 57.9 Å². The third-order valence-corrected chi connectivity index (χ3v) is 4.11. The molecule has 0 bridgehead atoms. The number of ether oxygens (including phenoxy) is 1. The van der Waals surface area contributed by atoms with Gasteiger partial charge in [0, 0.05) is 6.07 Å². The summed E-state index contributed by atoms with van der Waals surface area (Å²) in [5.41, 5.74) is 3.08. The second-order valence-electron chi connectivity index (χ2n) is 5.87. The van der Waals surface area contributed by atoms with E-state index in [0.29, 0.717) is 17.1 Å². The molecule has 0 aliphatic heterocycles. The summed E-state index contributed by atoms with van der Waals surface area (Å²) in [6, 6.07) is 14.1. The molecule has 2 aromatic carbocycles. The van der Waals surface area contributed by atoms with Gasteiger partial charge in [0.2, 0.25) is 0 Å². The molecule has 3 rings (SSSR count). The number of aryl methyl sites for hydroxylation is 2. The summed E-state index contributed by atoms with van der Waals surface area (Å²) >= 11 is 0. The average Bonchev–Trinajstić information content (AvgIpc) is 3.11. The molecule has 6 heteroatoms. The van der Waals surface area contributed by atoms with Crippen molar-refractivity contribution >= 4 is 17.6 Å². The van der Waals surface area contributed by atoms with Crippen molar-refractivity contribution in [2.45, 2.75) is 13.8 Å². The standard InChI is InChI=1S/C20H18N2O4/c1-13-10-18(19(22(23)24)11-14(13)2)20-9-8-17(26-20)12-21-15-4-6-16(25-3)7-5-15/h4-12H,1-3H3. The van der Waals surface area contributed by atoms with Crippen molar-refractivity contribution in [1.29, 1.82) is 0 Å². The van der Waals surface area contributed by atoms with Gasteiger partial charge in [0.1, 0.15) is 17.3 Å². The first-order valence-corrected chi connectivity index (χ1v) is 8.02. The van der Waals surface area contributed by atoms with E-state index < -0.39 is 4.92 Å². The van der Waals surface area contributed by atoms with E-state index in [2.05, 4.69) is 4.99 Å². The zero-order valence-electron chi connectivity index (χ0n) is 14.7. The van der Waals surface area contributed by atoms with Gasteiger partial charge in [0.15, 0.2) is 0 Å². The minimum absolute atomic E-state index is 0.0288. The van der Waals surface area contributed by atoms with E-state index in [1.165, 1.54) is 0 Å². The molecule has 6 nitrogen and oxygen atoms in total. The van der Waals surface area contributed by atoms with Crippen LogP contribution in [0, 0.1) is 24.0 Å². The maximum Gasteiger partial charge on any atom is 0.280 e. The first-order valence-electron chi connectivity index (χ1n) is 8.02. The SMILES string of the molecule is COc1ccc(N=Cc2ccc(-c3cc(C)c(C)cc3[N+](=O)[O-])o2)cc1. The molecule has 1 aromatic heterocycles. The molecule has 0 saturated heterocycles. The van der Waals surface area contributed by atoms with Crippen molar-refractivity contribution in [1.82, 2.24) is 0 Å². The number of aliphatic imine (C=N–C) groups is 1. The van der Waals surface area contributed by atoms with E-state index in [0.717, 1.165) is 22.6 Å². The van der Waals surface area contributed by atoms with Crippen molar-refractivity contribution in [3.8, 4) is 17.1 Å². The highest BCUT2D eigenvalue weighted by atomic mass is 16.6. The minimum atomic E-state index is -0.393. The molecule has 0 aliphatic carbocycles. The number of hydrogen-bond donors (Lipinski definition) is 0. The molecule has 3 aromatic rings. The quantitative estimate of drug-likeness (QED) is 0.358. The van der Waals surface area contributed by atoms with Crippen LogP contribution >= 0.6 is 0 Å². The summed E-state index contributed by atoms with van der Waals surface area (Å²) in [4.78, 5) is 15.3. The molecule has 0 amide bonds. The van der Waals surface area contributed by atoms with Gasteiger partial charge < -0.3 is 9.15 Å². The van der Waals surface area contributed by atoms with E-state index in [1.807, 2.05) is 38.1 Å². The van der Waals surface area contributed by atoms with Gasteiger partial charge in [-0.25, -0.2) is 0 Å². The van der Waals surface area contributed by atoms with Crippen LogP contribution in [-0.4, -0.2) is 18.2 Å². The normalized spacial score (nSPS) is 11.0. The summed E-state index contributed by atoms with van der Waals surface area (Å²) in [5.74, 6) is 1.71. The number of furan rings is 1. The molecular weight excluding hydrogens is 332 g/mol. The number of hydrogen-bond acceptors (Lipinski definition) is 5.